The predicted molar refractivity (Wildman–Crippen MR) is 218 cm³/mol. The Morgan fingerprint density at radius 1 is 0.417 bits per heavy atom. The normalized spacial score (nSPS) is 12.7. The zero-order valence-corrected chi connectivity index (χ0v) is 33.7. The van der Waals surface area contributed by atoms with Crippen LogP contribution < -0.4 is 0 Å². The summed E-state index contributed by atoms with van der Waals surface area (Å²) in [6.07, 6.45) is 49.5. The average Bonchev–Trinajstić information content (AvgIpc) is 3.11. The Morgan fingerprint density at radius 3 is 1.31 bits per heavy atom. The quantitative estimate of drug-likeness (QED) is 0.0488. The Balaban J connectivity index is 0. The van der Waals surface area contributed by atoms with Gasteiger partial charge in [-0.3, -0.25) is 0 Å². The van der Waals surface area contributed by atoms with Crippen LogP contribution in [0.1, 0.15) is 196 Å². The molecule has 3 nitrogen and oxygen atoms in total. The van der Waals surface area contributed by atoms with Crippen molar-refractivity contribution >= 4 is 0 Å². The molecular formula is C45H87NO2. The highest BCUT2D eigenvalue weighted by molar-refractivity contribution is 4.93. The standard InChI is InChI=1S/C41H77NO2.C4H10/c1-5-9-11-13-15-17-19-21-23-24-26-28-30-32-34-36-38-44-41(39-42(7-3)8-4)40-43-37-35-33-31-29-27-25-22-20-18-16-14-12-10-6-2;1-3-4-2/h12,14-15,17-18,20-21,23,41H,5-11,13,16,19,22,24-40H2,1-4H3;3-4H2,1-2H3/b14-12-,17-15-,20-18-,23-21-;. The van der Waals surface area contributed by atoms with Gasteiger partial charge < -0.3 is 14.4 Å². The maximum atomic E-state index is 6.33. The minimum atomic E-state index is 0.197. The predicted octanol–water partition coefficient (Wildman–Crippen LogP) is 14.4. The first kappa shape index (κ1) is 49.0. The molecule has 1 unspecified atom stereocenters. The van der Waals surface area contributed by atoms with E-state index >= 15 is 0 Å². The van der Waals surface area contributed by atoms with E-state index in [1.165, 1.54) is 141 Å². The lowest BCUT2D eigenvalue weighted by Gasteiger charge is -2.25. The highest BCUT2D eigenvalue weighted by Crippen LogP contribution is 2.11. The molecule has 0 bridgehead atoms. The van der Waals surface area contributed by atoms with Gasteiger partial charge in [0.2, 0.25) is 0 Å². The molecule has 48 heavy (non-hydrogen) atoms. The summed E-state index contributed by atoms with van der Waals surface area (Å²) in [5.41, 5.74) is 0. The Morgan fingerprint density at radius 2 is 0.854 bits per heavy atom. The Hall–Kier alpha value is -1.16. The average molecular weight is 674 g/mol. The lowest BCUT2D eigenvalue weighted by Crippen LogP contribution is -2.36. The Bertz CT molecular complexity index is 676. The fourth-order valence-electron chi connectivity index (χ4n) is 5.33. The van der Waals surface area contributed by atoms with Crippen molar-refractivity contribution < 1.29 is 9.47 Å². The molecule has 0 radical (unpaired) electrons. The summed E-state index contributed by atoms with van der Waals surface area (Å²) < 4.78 is 12.4. The molecular weight excluding hydrogens is 587 g/mol. The van der Waals surface area contributed by atoms with Crippen molar-refractivity contribution in [2.45, 2.75) is 202 Å². The molecule has 0 aromatic carbocycles. The van der Waals surface area contributed by atoms with Crippen LogP contribution in [0.2, 0.25) is 0 Å². The molecule has 0 aliphatic heterocycles. The maximum Gasteiger partial charge on any atom is 0.0934 e. The molecule has 0 spiro atoms. The number of hydrogen-bond donors (Lipinski definition) is 0. The zero-order chi connectivity index (χ0) is 35.4. The topological polar surface area (TPSA) is 21.7 Å². The molecule has 0 fully saturated rings. The van der Waals surface area contributed by atoms with Crippen LogP contribution in [0.3, 0.4) is 0 Å². The van der Waals surface area contributed by atoms with Gasteiger partial charge in [0.15, 0.2) is 0 Å². The fraction of sp³-hybridized carbons (Fsp3) is 0.822. The number of ether oxygens (including phenoxy) is 2. The molecule has 284 valence electrons. The molecule has 0 saturated heterocycles. The minimum Gasteiger partial charge on any atom is -0.379 e. The van der Waals surface area contributed by atoms with Gasteiger partial charge in [-0.25, -0.2) is 0 Å². The maximum absolute atomic E-state index is 6.33. The second kappa shape index (κ2) is 45.8. The first-order valence-corrected chi connectivity index (χ1v) is 21.2. The van der Waals surface area contributed by atoms with E-state index in [9.17, 15) is 0 Å². The molecule has 0 aliphatic carbocycles. The summed E-state index contributed by atoms with van der Waals surface area (Å²) in [7, 11) is 0. The summed E-state index contributed by atoms with van der Waals surface area (Å²) in [6, 6.07) is 0. The van der Waals surface area contributed by atoms with Crippen molar-refractivity contribution in [1.82, 2.24) is 4.90 Å². The third-order valence-corrected chi connectivity index (χ3v) is 8.83. The van der Waals surface area contributed by atoms with Gasteiger partial charge in [-0.05, 0) is 83.7 Å². The zero-order valence-electron chi connectivity index (χ0n) is 33.7. The van der Waals surface area contributed by atoms with Crippen molar-refractivity contribution in [3.63, 3.8) is 0 Å². The Kier molecular flexibility index (Phi) is 46.7. The molecule has 0 rings (SSSR count). The molecule has 1 atom stereocenters. The summed E-state index contributed by atoms with van der Waals surface area (Å²) in [4.78, 5) is 2.46. The van der Waals surface area contributed by atoms with Gasteiger partial charge in [0.05, 0.1) is 12.7 Å². The van der Waals surface area contributed by atoms with Gasteiger partial charge in [0.1, 0.15) is 0 Å². The van der Waals surface area contributed by atoms with Gasteiger partial charge in [0, 0.05) is 19.8 Å². The fourth-order valence-corrected chi connectivity index (χ4v) is 5.33. The Labute approximate surface area is 303 Å². The largest absolute Gasteiger partial charge is 0.379 e. The number of likely N-dealkylation sites (N-methyl/N-ethyl adjacent to an activating group) is 1. The highest BCUT2D eigenvalue weighted by Gasteiger charge is 2.13. The molecule has 0 amide bonds. The van der Waals surface area contributed by atoms with Crippen LogP contribution in [0, 0.1) is 0 Å². The molecule has 0 aromatic rings. The second-order valence-electron chi connectivity index (χ2n) is 13.5. The number of rotatable bonds is 36. The molecule has 0 N–H and O–H groups in total. The third kappa shape index (κ3) is 42.9. The molecule has 0 saturated carbocycles. The first-order valence-electron chi connectivity index (χ1n) is 21.2. The lowest BCUT2D eigenvalue weighted by atomic mass is 10.1. The van der Waals surface area contributed by atoms with E-state index in [0.29, 0.717) is 0 Å². The van der Waals surface area contributed by atoms with Crippen LogP contribution in [0.5, 0.6) is 0 Å². The van der Waals surface area contributed by atoms with Crippen molar-refractivity contribution in [3.05, 3.63) is 48.6 Å². The van der Waals surface area contributed by atoms with E-state index in [1.807, 2.05) is 0 Å². The first-order chi connectivity index (χ1) is 23.7. The SMILES string of the molecule is CCC/C=C\C/C=C\CCCCCCCCOCC(CN(CC)CC)OCCCCCCCC/C=C\C/C=C\CCCCC.CCCC. The van der Waals surface area contributed by atoms with Crippen molar-refractivity contribution in [1.29, 1.82) is 0 Å². The number of nitrogens with zero attached hydrogens (tertiary/aromatic N) is 1. The van der Waals surface area contributed by atoms with Crippen LogP contribution in [0.4, 0.5) is 0 Å². The molecule has 0 aliphatic rings. The van der Waals surface area contributed by atoms with Gasteiger partial charge in [-0.2, -0.15) is 0 Å². The van der Waals surface area contributed by atoms with Crippen LogP contribution >= 0.6 is 0 Å². The minimum absolute atomic E-state index is 0.197. The van der Waals surface area contributed by atoms with Gasteiger partial charge in [-0.15, -0.1) is 0 Å². The number of unbranched alkanes of at least 4 members (excludes halogenated alkanes) is 17. The van der Waals surface area contributed by atoms with Crippen LogP contribution in [-0.2, 0) is 9.47 Å². The summed E-state index contributed by atoms with van der Waals surface area (Å²) in [5.74, 6) is 0. The van der Waals surface area contributed by atoms with Gasteiger partial charge in [0.25, 0.3) is 0 Å². The molecule has 0 aromatic heterocycles. The highest BCUT2D eigenvalue weighted by atomic mass is 16.5. The van der Waals surface area contributed by atoms with E-state index in [4.69, 9.17) is 9.47 Å². The van der Waals surface area contributed by atoms with Crippen molar-refractivity contribution in [3.8, 4) is 0 Å². The van der Waals surface area contributed by atoms with E-state index in [1.54, 1.807) is 0 Å². The molecule has 0 heterocycles. The molecule has 3 heteroatoms. The number of hydrogen-bond acceptors (Lipinski definition) is 3. The van der Waals surface area contributed by atoms with Crippen LogP contribution in [-0.4, -0.2) is 50.5 Å². The van der Waals surface area contributed by atoms with E-state index in [0.717, 1.165) is 52.3 Å². The smallest absolute Gasteiger partial charge is 0.0934 e. The monoisotopic (exact) mass is 674 g/mol. The van der Waals surface area contributed by atoms with E-state index in [2.05, 4.69) is 95.1 Å². The van der Waals surface area contributed by atoms with Crippen LogP contribution in [0.15, 0.2) is 48.6 Å². The summed E-state index contributed by atoms with van der Waals surface area (Å²) >= 11 is 0. The van der Waals surface area contributed by atoms with Crippen LogP contribution in [0.25, 0.3) is 0 Å². The van der Waals surface area contributed by atoms with Gasteiger partial charge in [-0.1, -0.05) is 174 Å². The third-order valence-electron chi connectivity index (χ3n) is 8.83. The van der Waals surface area contributed by atoms with E-state index < -0.39 is 0 Å². The summed E-state index contributed by atoms with van der Waals surface area (Å²) in [6.45, 7) is 19.0. The van der Waals surface area contributed by atoms with Crippen molar-refractivity contribution in [2.24, 2.45) is 0 Å². The van der Waals surface area contributed by atoms with Crippen molar-refractivity contribution in [2.75, 3.05) is 39.5 Å². The lowest BCUT2D eigenvalue weighted by molar-refractivity contribution is -0.0332. The van der Waals surface area contributed by atoms with Gasteiger partial charge >= 0.3 is 0 Å². The number of allylic oxidation sites excluding steroid dienone is 8. The van der Waals surface area contributed by atoms with E-state index in [-0.39, 0.29) is 6.10 Å². The summed E-state index contributed by atoms with van der Waals surface area (Å²) in [5, 5.41) is 0. The second-order valence-corrected chi connectivity index (χ2v) is 13.5.